The molecule has 0 amide bonds. The van der Waals surface area contributed by atoms with Crippen LogP contribution in [-0.2, 0) is 0 Å². The highest BCUT2D eigenvalue weighted by Crippen LogP contribution is 2.29. The molecule has 2 aromatic rings. The van der Waals surface area contributed by atoms with Crippen molar-refractivity contribution >= 4 is 39.0 Å². The number of rotatable bonds is 2. The van der Waals surface area contributed by atoms with Gasteiger partial charge < -0.3 is 5.32 Å². The molecular weight excluding hydrogens is 327 g/mol. The van der Waals surface area contributed by atoms with Crippen molar-refractivity contribution in [2.75, 3.05) is 5.32 Å². The first-order chi connectivity index (χ1) is 8.45. The Balaban J connectivity index is 2.40. The van der Waals surface area contributed by atoms with Gasteiger partial charge in [0.2, 0.25) is 0 Å². The first-order valence-electron chi connectivity index (χ1n) is 4.88. The van der Waals surface area contributed by atoms with Gasteiger partial charge in [0.25, 0.3) is 0 Å². The van der Waals surface area contributed by atoms with E-state index in [1.165, 1.54) is 0 Å². The van der Waals surface area contributed by atoms with Gasteiger partial charge in [-0.25, -0.2) is 18.7 Å². The minimum absolute atomic E-state index is 0.0249. The normalized spacial score (nSPS) is 10.5. The molecule has 1 N–H and O–H groups in total. The van der Waals surface area contributed by atoms with Crippen LogP contribution in [0.3, 0.4) is 0 Å². The largest absolute Gasteiger partial charge is 0.336 e. The molecule has 0 aliphatic carbocycles. The third-order valence-corrected chi connectivity index (χ3v) is 2.77. The lowest BCUT2D eigenvalue weighted by Crippen LogP contribution is -2.00. The summed E-state index contributed by atoms with van der Waals surface area (Å²) >= 11 is 8.96. The molecule has 0 radical (unpaired) electrons. The molecule has 1 heterocycles. The number of benzene rings is 1. The summed E-state index contributed by atoms with van der Waals surface area (Å²) < 4.78 is 27.0. The highest BCUT2D eigenvalue weighted by molar-refractivity contribution is 9.10. The average molecular weight is 335 g/mol. The number of aromatic nitrogens is 2. The molecule has 0 fully saturated rings. The second-order valence-electron chi connectivity index (χ2n) is 3.49. The van der Waals surface area contributed by atoms with E-state index in [9.17, 15) is 8.78 Å². The highest BCUT2D eigenvalue weighted by Gasteiger charge is 2.11. The summed E-state index contributed by atoms with van der Waals surface area (Å²) in [7, 11) is 0. The monoisotopic (exact) mass is 333 g/mol. The van der Waals surface area contributed by atoms with Crippen LogP contribution in [0.15, 0.2) is 22.8 Å². The van der Waals surface area contributed by atoms with Crippen molar-refractivity contribution in [2.24, 2.45) is 0 Å². The second kappa shape index (κ2) is 5.16. The molecule has 2 rings (SSSR count). The molecule has 1 aromatic carbocycles. The molecule has 0 aliphatic heterocycles. The van der Waals surface area contributed by atoms with E-state index in [1.807, 2.05) is 0 Å². The van der Waals surface area contributed by atoms with E-state index in [4.69, 9.17) is 11.6 Å². The number of halogens is 4. The SMILES string of the molecule is Cc1nc(Br)cc(Nc2c(F)cc(F)cc2Cl)n1. The lowest BCUT2D eigenvalue weighted by Gasteiger charge is -2.09. The fraction of sp³-hybridized carbons (Fsp3) is 0.0909. The molecule has 7 heteroatoms. The zero-order chi connectivity index (χ0) is 13.3. The van der Waals surface area contributed by atoms with Crippen molar-refractivity contribution in [3.63, 3.8) is 0 Å². The Hall–Kier alpha value is -1.27. The molecule has 0 atom stereocenters. The van der Waals surface area contributed by atoms with Crippen LogP contribution in [0.1, 0.15) is 5.82 Å². The third-order valence-electron chi connectivity index (χ3n) is 2.07. The van der Waals surface area contributed by atoms with E-state index in [0.29, 0.717) is 16.2 Å². The number of aryl methyl sites for hydroxylation is 1. The van der Waals surface area contributed by atoms with Crippen molar-refractivity contribution in [2.45, 2.75) is 6.92 Å². The predicted octanol–water partition coefficient (Wildman–Crippen LogP) is 4.22. The van der Waals surface area contributed by atoms with E-state index in [2.05, 4.69) is 31.2 Å². The van der Waals surface area contributed by atoms with Gasteiger partial charge in [-0.2, -0.15) is 0 Å². The maximum atomic E-state index is 13.6. The molecule has 0 bridgehead atoms. The van der Waals surface area contributed by atoms with E-state index < -0.39 is 11.6 Å². The van der Waals surface area contributed by atoms with Crippen LogP contribution < -0.4 is 5.32 Å². The van der Waals surface area contributed by atoms with Crippen LogP contribution in [0.4, 0.5) is 20.3 Å². The highest BCUT2D eigenvalue weighted by atomic mass is 79.9. The number of hydrogen-bond acceptors (Lipinski definition) is 3. The summed E-state index contributed by atoms with van der Waals surface area (Å²) in [6, 6.07) is 3.33. The number of nitrogens with zero attached hydrogens (tertiary/aromatic N) is 2. The molecule has 3 nitrogen and oxygen atoms in total. The van der Waals surface area contributed by atoms with Gasteiger partial charge in [0.15, 0.2) is 5.82 Å². The Labute approximate surface area is 115 Å². The lowest BCUT2D eigenvalue weighted by atomic mass is 10.3. The van der Waals surface area contributed by atoms with E-state index in [-0.39, 0.29) is 10.7 Å². The van der Waals surface area contributed by atoms with Gasteiger partial charge in [-0.3, -0.25) is 0 Å². The van der Waals surface area contributed by atoms with Crippen LogP contribution in [0.25, 0.3) is 0 Å². The summed E-state index contributed by atoms with van der Waals surface area (Å²) in [6.45, 7) is 1.69. The van der Waals surface area contributed by atoms with Crippen LogP contribution in [0.5, 0.6) is 0 Å². The molecular formula is C11H7BrClF2N3. The zero-order valence-electron chi connectivity index (χ0n) is 9.14. The van der Waals surface area contributed by atoms with Crippen molar-refractivity contribution in [1.29, 1.82) is 0 Å². The first-order valence-corrected chi connectivity index (χ1v) is 6.05. The summed E-state index contributed by atoms with van der Waals surface area (Å²) in [5.74, 6) is -0.650. The van der Waals surface area contributed by atoms with Gasteiger partial charge in [-0.15, -0.1) is 0 Å². The zero-order valence-corrected chi connectivity index (χ0v) is 11.5. The quantitative estimate of drug-likeness (QED) is 0.836. The fourth-order valence-electron chi connectivity index (χ4n) is 1.38. The van der Waals surface area contributed by atoms with E-state index >= 15 is 0 Å². The maximum Gasteiger partial charge on any atom is 0.151 e. The Kier molecular flexibility index (Phi) is 3.77. The van der Waals surface area contributed by atoms with E-state index in [1.54, 1.807) is 13.0 Å². The number of anilines is 2. The standard InChI is InChI=1S/C11H7BrClF2N3/c1-5-16-9(12)4-10(17-5)18-11-7(13)2-6(14)3-8(11)15/h2-4H,1H3,(H,16,17,18). The van der Waals surface area contributed by atoms with Gasteiger partial charge in [-0.1, -0.05) is 11.6 Å². The molecule has 0 aliphatic rings. The minimum Gasteiger partial charge on any atom is -0.336 e. The second-order valence-corrected chi connectivity index (χ2v) is 4.71. The van der Waals surface area contributed by atoms with Crippen molar-refractivity contribution in [3.05, 3.63) is 45.3 Å². The Bertz CT molecular complexity index is 564. The molecule has 1 aromatic heterocycles. The number of nitrogens with one attached hydrogen (secondary N) is 1. The Morgan fingerprint density at radius 2 is 1.94 bits per heavy atom. The van der Waals surface area contributed by atoms with E-state index in [0.717, 1.165) is 12.1 Å². The van der Waals surface area contributed by atoms with Crippen molar-refractivity contribution in [1.82, 2.24) is 9.97 Å². The molecule has 94 valence electrons. The number of hydrogen-bond donors (Lipinski definition) is 1. The molecule has 18 heavy (non-hydrogen) atoms. The van der Waals surface area contributed by atoms with Gasteiger partial charge >= 0.3 is 0 Å². The smallest absolute Gasteiger partial charge is 0.151 e. The Morgan fingerprint density at radius 1 is 1.22 bits per heavy atom. The average Bonchev–Trinajstić information content (AvgIpc) is 2.22. The van der Waals surface area contributed by atoms with Crippen LogP contribution in [-0.4, -0.2) is 9.97 Å². The van der Waals surface area contributed by atoms with Gasteiger partial charge in [0, 0.05) is 12.1 Å². The molecule has 0 saturated heterocycles. The third kappa shape index (κ3) is 2.94. The van der Waals surface area contributed by atoms with Crippen molar-refractivity contribution in [3.8, 4) is 0 Å². The fourth-order valence-corrected chi connectivity index (χ4v) is 2.10. The van der Waals surface area contributed by atoms with Crippen molar-refractivity contribution < 1.29 is 8.78 Å². The first kappa shape index (κ1) is 13.2. The summed E-state index contributed by atoms with van der Waals surface area (Å²) in [6.07, 6.45) is 0. The summed E-state index contributed by atoms with van der Waals surface area (Å²) in [5.41, 5.74) is -0.0249. The van der Waals surface area contributed by atoms with Gasteiger partial charge in [-0.05, 0) is 28.9 Å². The molecule has 0 spiro atoms. The lowest BCUT2D eigenvalue weighted by molar-refractivity contribution is 0.586. The maximum absolute atomic E-state index is 13.6. The van der Waals surface area contributed by atoms with Crippen LogP contribution in [0, 0.1) is 18.6 Å². The van der Waals surface area contributed by atoms with Gasteiger partial charge in [0.05, 0.1) is 10.7 Å². The van der Waals surface area contributed by atoms with Crippen LogP contribution in [0.2, 0.25) is 5.02 Å². The van der Waals surface area contributed by atoms with Gasteiger partial charge in [0.1, 0.15) is 22.1 Å². The van der Waals surface area contributed by atoms with Crippen LogP contribution >= 0.6 is 27.5 Å². The molecule has 0 unspecified atom stereocenters. The molecule has 0 saturated carbocycles. The Morgan fingerprint density at radius 3 is 2.56 bits per heavy atom. The summed E-state index contributed by atoms with van der Waals surface area (Å²) in [5, 5.41) is 2.64. The minimum atomic E-state index is -0.785. The predicted molar refractivity (Wildman–Crippen MR) is 69.1 cm³/mol. The summed E-state index contributed by atoms with van der Waals surface area (Å²) in [4.78, 5) is 8.08. The topological polar surface area (TPSA) is 37.8 Å².